The molecule has 2 heterocycles. The van der Waals surface area contributed by atoms with Crippen LogP contribution in [0.4, 0.5) is 0 Å². The molecule has 0 aliphatic heterocycles. The minimum Gasteiger partial charge on any atom is -0.478 e. The number of hydrogen-bond donors (Lipinski definition) is 2. The van der Waals surface area contributed by atoms with Crippen LogP contribution in [0.1, 0.15) is 34.4 Å². The lowest BCUT2D eigenvalue weighted by Crippen LogP contribution is -2.13. The fraction of sp³-hybridized carbons (Fsp3) is 0.143. The maximum atomic E-state index is 12.9. The number of fused-ring (bicyclic) bond motifs is 1. The second kappa shape index (κ2) is 8.34. The highest BCUT2D eigenvalue weighted by Crippen LogP contribution is 2.33. The number of halogens is 3. The molecule has 2 aromatic carbocycles. The molecule has 4 rings (SSSR count). The van der Waals surface area contributed by atoms with E-state index in [1.807, 2.05) is 6.92 Å². The molecule has 31 heavy (non-hydrogen) atoms. The van der Waals surface area contributed by atoms with Gasteiger partial charge in [0.1, 0.15) is 16.9 Å². The Labute approximate surface area is 191 Å². The van der Waals surface area contributed by atoms with Crippen LogP contribution in [0.25, 0.3) is 16.7 Å². The van der Waals surface area contributed by atoms with Crippen LogP contribution in [0.5, 0.6) is 0 Å². The van der Waals surface area contributed by atoms with Gasteiger partial charge in [0.25, 0.3) is 5.56 Å². The van der Waals surface area contributed by atoms with E-state index in [1.165, 1.54) is 16.8 Å². The number of nitrogens with zero attached hydrogens (tertiary/aromatic N) is 3. The predicted octanol–water partition coefficient (Wildman–Crippen LogP) is 4.92. The Morgan fingerprint density at radius 2 is 1.77 bits per heavy atom. The van der Waals surface area contributed by atoms with Crippen molar-refractivity contribution < 1.29 is 9.90 Å². The minimum atomic E-state index is -1.01. The molecule has 0 spiro atoms. The molecule has 0 bridgehead atoms. The number of benzene rings is 2. The molecule has 0 aliphatic carbocycles. The van der Waals surface area contributed by atoms with Crippen molar-refractivity contribution in [1.29, 1.82) is 0 Å². The molecular formula is C21H15Cl3N4O3. The van der Waals surface area contributed by atoms with Crippen molar-refractivity contribution in [2.24, 2.45) is 0 Å². The Hall–Kier alpha value is -2.87. The van der Waals surface area contributed by atoms with E-state index in [4.69, 9.17) is 39.9 Å². The number of aromatic amines is 1. The number of H-pyrrole nitrogens is 1. The highest BCUT2D eigenvalue weighted by atomic mass is 35.5. The number of aromatic carboxylic acids is 1. The standard InChI is InChI=1S/C21H15Cl3N4O3/c1-2-15-17-19(28(27-15)18-13(23)8-12(22)9-14(18)24)25-16(26-20(17)29)7-10-3-5-11(6-4-10)21(30)31/h3-6,8-9H,2,7H2,1H3,(H,30,31)(H,25,26,29). The van der Waals surface area contributed by atoms with Crippen LogP contribution in [0.15, 0.2) is 41.2 Å². The second-order valence-corrected chi connectivity index (χ2v) is 8.07. The average molecular weight is 478 g/mol. The third-order valence-corrected chi connectivity index (χ3v) is 5.55. The number of aryl methyl sites for hydroxylation is 1. The number of rotatable bonds is 5. The van der Waals surface area contributed by atoms with E-state index >= 15 is 0 Å². The Morgan fingerprint density at radius 1 is 1.13 bits per heavy atom. The summed E-state index contributed by atoms with van der Waals surface area (Å²) < 4.78 is 1.46. The normalized spacial score (nSPS) is 11.2. The first kappa shape index (κ1) is 21.4. The van der Waals surface area contributed by atoms with Gasteiger partial charge in [-0.15, -0.1) is 0 Å². The van der Waals surface area contributed by atoms with Crippen LogP contribution >= 0.6 is 34.8 Å². The lowest BCUT2D eigenvalue weighted by molar-refractivity contribution is 0.0697. The summed E-state index contributed by atoms with van der Waals surface area (Å²) in [5, 5.41) is 14.9. The molecule has 0 atom stereocenters. The van der Waals surface area contributed by atoms with Crippen molar-refractivity contribution in [2.75, 3.05) is 0 Å². The van der Waals surface area contributed by atoms with Gasteiger partial charge < -0.3 is 10.1 Å². The molecule has 10 heteroatoms. The molecule has 0 fully saturated rings. The molecule has 2 N–H and O–H groups in total. The Kier molecular flexibility index (Phi) is 5.75. The van der Waals surface area contributed by atoms with E-state index in [2.05, 4.69) is 15.1 Å². The number of hydrogen-bond acceptors (Lipinski definition) is 4. The minimum absolute atomic E-state index is 0.179. The highest BCUT2D eigenvalue weighted by Gasteiger charge is 2.20. The SMILES string of the molecule is CCc1nn(-c2c(Cl)cc(Cl)cc2Cl)c2nc(Cc3ccc(C(=O)O)cc3)[nH]c(=O)c12. The first-order chi connectivity index (χ1) is 14.8. The quantitative estimate of drug-likeness (QED) is 0.425. The van der Waals surface area contributed by atoms with E-state index in [0.717, 1.165) is 5.56 Å². The number of carboxylic acids is 1. The molecule has 0 aliphatic rings. The van der Waals surface area contributed by atoms with Gasteiger partial charge in [0.2, 0.25) is 0 Å². The molecule has 4 aromatic rings. The molecule has 158 valence electrons. The van der Waals surface area contributed by atoms with Gasteiger partial charge in [-0.1, -0.05) is 53.9 Å². The molecule has 7 nitrogen and oxygen atoms in total. The second-order valence-electron chi connectivity index (χ2n) is 6.82. The van der Waals surface area contributed by atoms with E-state index in [-0.39, 0.29) is 21.2 Å². The molecule has 2 aromatic heterocycles. The highest BCUT2D eigenvalue weighted by molar-refractivity contribution is 6.40. The van der Waals surface area contributed by atoms with Crippen molar-refractivity contribution in [3.8, 4) is 5.69 Å². The number of nitrogens with one attached hydrogen (secondary N) is 1. The Balaban J connectivity index is 1.87. The predicted molar refractivity (Wildman–Crippen MR) is 120 cm³/mol. The van der Waals surface area contributed by atoms with Gasteiger partial charge in [-0.3, -0.25) is 4.79 Å². The molecule has 0 amide bonds. The van der Waals surface area contributed by atoms with Crippen molar-refractivity contribution >= 4 is 51.8 Å². The number of carbonyl (C=O) groups is 1. The fourth-order valence-electron chi connectivity index (χ4n) is 3.32. The first-order valence-corrected chi connectivity index (χ1v) is 10.4. The van der Waals surface area contributed by atoms with E-state index in [9.17, 15) is 9.59 Å². The lowest BCUT2D eigenvalue weighted by Gasteiger charge is -2.09. The van der Waals surface area contributed by atoms with E-state index < -0.39 is 5.97 Å². The monoisotopic (exact) mass is 476 g/mol. The average Bonchev–Trinajstić information content (AvgIpc) is 3.06. The molecule has 0 radical (unpaired) electrons. The van der Waals surface area contributed by atoms with Gasteiger partial charge in [-0.25, -0.2) is 14.5 Å². The molecule has 0 saturated heterocycles. The maximum Gasteiger partial charge on any atom is 0.335 e. The smallest absolute Gasteiger partial charge is 0.335 e. The summed E-state index contributed by atoms with van der Waals surface area (Å²) in [5.41, 5.74) is 1.90. The lowest BCUT2D eigenvalue weighted by atomic mass is 10.1. The van der Waals surface area contributed by atoms with Crippen LogP contribution in [-0.4, -0.2) is 30.8 Å². The van der Waals surface area contributed by atoms with Crippen LogP contribution in [0.3, 0.4) is 0 Å². The zero-order chi connectivity index (χ0) is 22.3. The van der Waals surface area contributed by atoms with Gasteiger partial charge in [0.15, 0.2) is 5.65 Å². The summed E-state index contributed by atoms with van der Waals surface area (Å²) in [7, 11) is 0. The van der Waals surface area contributed by atoms with Crippen LogP contribution < -0.4 is 5.56 Å². The van der Waals surface area contributed by atoms with Gasteiger partial charge in [-0.2, -0.15) is 5.10 Å². The van der Waals surface area contributed by atoms with Crippen LogP contribution in [0, 0.1) is 0 Å². The fourth-order valence-corrected chi connectivity index (χ4v) is 4.30. The maximum absolute atomic E-state index is 12.9. The number of aromatic nitrogens is 4. The summed E-state index contributed by atoms with van der Waals surface area (Å²) >= 11 is 18.8. The molecule has 0 saturated carbocycles. The molecular weight excluding hydrogens is 463 g/mol. The Morgan fingerprint density at radius 3 is 2.35 bits per heavy atom. The van der Waals surface area contributed by atoms with Gasteiger partial charge in [0, 0.05) is 11.4 Å². The summed E-state index contributed by atoms with van der Waals surface area (Å²) in [6, 6.07) is 9.44. The number of carboxylic acid groups (broad SMARTS) is 1. The summed E-state index contributed by atoms with van der Waals surface area (Å²) in [6.07, 6.45) is 0.798. The third kappa shape index (κ3) is 4.04. The van der Waals surface area contributed by atoms with Gasteiger partial charge in [-0.05, 0) is 36.2 Å². The largest absolute Gasteiger partial charge is 0.478 e. The summed E-state index contributed by atoms with van der Waals surface area (Å²) in [4.78, 5) is 31.3. The van der Waals surface area contributed by atoms with Gasteiger partial charge in [0.05, 0.1) is 21.3 Å². The van der Waals surface area contributed by atoms with Crippen LogP contribution in [0.2, 0.25) is 15.1 Å². The first-order valence-electron chi connectivity index (χ1n) is 9.26. The summed E-state index contributed by atoms with van der Waals surface area (Å²) in [6.45, 7) is 1.88. The Bertz CT molecular complexity index is 1350. The van der Waals surface area contributed by atoms with Gasteiger partial charge >= 0.3 is 5.97 Å². The third-order valence-electron chi connectivity index (χ3n) is 4.76. The van der Waals surface area contributed by atoms with Crippen molar-refractivity contribution in [3.05, 3.63) is 84.5 Å². The molecule has 0 unspecified atom stereocenters. The van der Waals surface area contributed by atoms with E-state index in [0.29, 0.717) is 46.1 Å². The van der Waals surface area contributed by atoms with E-state index in [1.54, 1.807) is 24.3 Å². The van der Waals surface area contributed by atoms with Crippen molar-refractivity contribution in [3.63, 3.8) is 0 Å². The van der Waals surface area contributed by atoms with Crippen LogP contribution in [-0.2, 0) is 12.8 Å². The van der Waals surface area contributed by atoms with Crippen molar-refractivity contribution in [1.82, 2.24) is 19.7 Å². The zero-order valence-corrected chi connectivity index (χ0v) is 18.4. The zero-order valence-electron chi connectivity index (χ0n) is 16.1. The topological polar surface area (TPSA) is 101 Å². The van der Waals surface area contributed by atoms with Crippen molar-refractivity contribution in [2.45, 2.75) is 19.8 Å². The summed E-state index contributed by atoms with van der Waals surface area (Å²) in [5.74, 6) is -0.613.